The van der Waals surface area contributed by atoms with E-state index in [0.29, 0.717) is 16.8 Å². The molecule has 1 aromatic heterocycles. The van der Waals surface area contributed by atoms with E-state index < -0.39 is 0 Å². The van der Waals surface area contributed by atoms with Crippen LogP contribution in [0.1, 0.15) is 12.8 Å². The molecule has 5 nitrogen and oxygen atoms in total. The molecule has 0 spiro atoms. The number of aromatic nitrogens is 2. The van der Waals surface area contributed by atoms with E-state index in [9.17, 15) is 0 Å². The lowest BCUT2D eigenvalue weighted by Gasteiger charge is -2.32. The third kappa shape index (κ3) is 3.03. The highest BCUT2D eigenvalue weighted by Gasteiger charge is 2.20. The molecule has 0 aromatic carbocycles. The minimum absolute atomic E-state index is 0.344. The number of rotatable bonds is 3. The van der Waals surface area contributed by atoms with Crippen LogP contribution < -0.4 is 10.6 Å². The van der Waals surface area contributed by atoms with E-state index in [2.05, 4.69) is 26.8 Å². The number of hydrogen-bond acceptors (Lipinski definition) is 5. The molecule has 18 heavy (non-hydrogen) atoms. The first-order chi connectivity index (χ1) is 8.58. The number of nitrogen functional groups attached to an aromatic ring is 1. The van der Waals surface area contributed by atoms with Crippen molar-refractivity contribution >= 4 is 23.2 Å². The van der Waals surface area contributed by atoms with Gasteiger partial charge in [-0.25, -0.2) is 9.97 Å². The second kappa shape index (κ2) is 5.71. The standard InChI is InChI=1S/C12H20ClN5/c1-17-5-3-9(4-6-17)7-18(2)12-10(13)11(14)15-8-16-12/h8-9H,3-7H2,1-2H3,(H2,14,15,16). The summed E-state index contributed by atoms with van der Waals surface area (Å²) >= 11 is 6.13. The highest BCUT2D eigenvalue weighted by Crippen LogP contribution is 2.27. The fraction of sp³-hybridized carbons (Fsp3) is 0.667. The van der Waals surface area contributed by atoms with Gasteiger partial charge >= 0.3 is 0 Å². The number of nitrogens with two attached hydrogens (primary N) is 1. The first-order valence-corrected chi connectivity index (χ1v) is 6.61. The molecule has 0 aliphatic carbocycles. The summed E-state index contributed by atoms with van der Waals surface area (Å²) in [5.41, 5.74) is 5.69. The van der Waals surface area contributed by atoms with Crippen molar-refractivity contribution in [3.8, 4) is 0 Å². The maximum Gasteiger partial charge on any atom is 0.152 e. The van der Waals surface area contributed by atoms with Gasteiger partial charge in [-0.1, -0.05) is 11.6 Å². The van der Waals surface area contributed by atoms with Crippen LogP contribution in [0, 0.1) is 5.92 Å². The van der Waals surface area contributed by atoms with Crippen molar-refractivity contribution in [2.24, 2.45) is 5.92 Å². The summed E-state index contributed by atoms with van der Waals surface area (Å²) in [4.78, 5) is 12.5. The summed E-state index contributed by atoms with van der Waals surface area (Å²) in [7, 11) is 4.17. The van der Waals surface area contributed by atoms with E-state index >= 15 is 0 Å². The summed E-state index contributed by atoms with van der Waals surface area (Å²) in [6.07, 6.45) is 3.90. The molecule has 0 saturated carbocycles. The Bertz CT molecular complexity index is 403. The van der Waals surface area contributed by atoms with Gasteiger partial charge in [0.1, 0.15) is 17.2 Å². The zero-order chi connectivity index (χ0) is 13.1. The molecule has 2 heterocycles. The van der Waals surface area contributed by atoms with Crippen molar-refractivity contribution in [2.45, 2.75) is 12.8 Å². The van der Waals surface area contributed by atoms with Crippen LogP contribution >= 0.6 is 11.6 Å². The predicted molar refractivity (Wildman–Crippen MR) is 74.9 cm³/mol. The Balaban J connectivity index is 1.99. The van der Waals surface area contributed by atoms with Crippen molar-refractivity contribution in [1.29, 1.82) is 0 Å². The number of likely N-dealkylation sites (tertiary alicyclic amines) is 1. The highest BCUT2D eigenvalue weighted by molar-refractivity contribution is 6.35. The molecule has 0 radical (unpaired) electrons. The van der Waals surface area contributed by atoms with Gasteiger partial charge in [0, 0.05) is 13.6 Å². The molecule has 1 fully saturated rings. The summed E-state index contributed by atoms with van der Waals surface area (Å²) in [5, 5.41) is 0.452. The normalized spacial score (nSPS) is 17.9. The summed E-state index contributed by atoms with van der Waals surface area (Å²) in [5.74, 6) is 1.76. The van der Waals surface area contributed by atoms with Crippen LogP contribution in [0.4, 0.5) is 11.6 Å². The molecule has 1 saturated heterocycles. The topological polar surface area (TPSA) is 58.3 Å². The Kier molecular flexibility index (Phi) is 4.24. The first kappa shape index (κ1) is 13.4. The molecule has 1 aliphatic heterocycles. The number of hydrogen-bond donors (Lipinski definition) is 1. The summed E-state index contributed by atoms with van der Waals surface area (Å²) in [6.45, 7) is 3.29. The van der Waals surface area contributed by atoms with Gasteiger partial charge in [-0.05, 0) is 38.9 Å². The maximum atomic E-state index is 6.13. The van der Waals surface area contributed by atoms with Crippen LogP contribution in [0.25, 0.3) is 0 Å². The van der Waals surface area contributed by atoms with Gasteiger partial charge in [0.2, 0.25) is 0 Å². The Morgan fingerprint density at radius 1 is 1.44 bits per heavy atom. The Morgan fingerprint density at radius 2 is 2.11 bits per heavy atom. The average molecular weight is 270 g/mol. The zero-order valence-electron chi connectivity index (χ0n) is 10.9. The van der Waals surface area contributed by atoms with Crippen molar-refractivity contribution in [3.05, 3.63) is 11.3 Å². The molecular formula is C12H20ClN5. The Hall–Kier alpha value is -1.07. The lowest BCUT2D eigenvalue weighted by molar-refractivity contribution is 0.222. The van der Waals surface area contributed by atoms with Gasteiger partial charge < -0.3 is 15.5 Å². The maximum absolute atomic E-state index is 6.13. The number of anilines is 2. The number of halogens is 1. The highest BCUT2D eigenvalue weighted by atomic mass is 35.5. The monoisotopic (exact) mass is 269 g/mol. The molecular weight excluding hydrogens is 250 g/mol. The van der Waals surface area contributed by atoms with E-state index in [-0.39, 0.29) is 0 Å². The molecule has 1 aliphatic rings. The second-order valence-corrected chi connectivity index (χ2v) is 5.40. The molecule has 0 bridgehead atoms. The zero-order valence-corrected chi connectivity index (χ0v) is 11.7. The van der Waals surface area contributed by atoms with Crippen LogP contribution in [0.5, 0.6) is 0 Å². The fourth-order valence-electron chi connectivity index (χ4n) is 2.36. The number of piperidine rings is 1. The predicted octanol–water partition coefficient (Wildman–Crippen LogP) is 1.49. The van der Waals surface area contributed by atoms with E-state index in [1.807, 2.05) is 7.05 Å². The van der Waals surface area contributed by atoms with Crippen molar-refractivity contribution in [2.75, 3.05) is 44.4 Å². The molecule has 2 rings (SSSR count). The van der Waals surface area contributed by atoms with Crippen molar-refractivity contribution in [3.63, 3.8) is 0 Å². The van der Waals surface area contributed by atoms with Gasteiger partial charge in [-0.3, -0.25) is 0 Å². The molecule has 0 amide bonds. The summed E-state index contributed by atoms with van der Waals surface area (Å²) < 4.78 is 0. The van der Waals surface area contributed by atoms with Gasteiger partial charge in [-0.15, -0.1) is 0 Å². The molecule has 2 N–H and O–H groups in total. The Morgan fingerprint density at radius 3 is 2.78 bits per heavy atom. The number of nitrogens with zero attached hydrogens (tertiary/aromatic N) is 4. The van der Waals surface area contributed by atoms with Crippen LogP contribution in [0.2, 0.25) is 5.02 Å². The van der Waals surface area contributed by atoms with E-state index in [4.69, 9.17) is 17.3 Å². The van der Waals surface area contributed by atoms with Crippen LogP contribution in [-0.2, 0) is 0 Å². The second-order valence-electron chi connectivity index (χ2n) is 5.02. The quantitative estimate of drug-likeness (QED) is 0.901. The van der Waals surface area contributed by atoms with Gasteiger partial charge in [0.25, 0.3) is 0 Å². The van der Waals surface area contributed by atoms with E-state index in [1.165, 1.54) is 19.2 Å². The SMILES string of the molecule is CN1CCC(CN(C)c2ncnc(N)c2Cl)CC1. The summed E-state index contributed by atoms with van der Waals surface area (Å²) in [6, 6.07) is 0. The largest absolute Gasteiger partial charge is 0.382 e. The minimum Gasteiger partial charge on any atom is -0.382 e. The van der Waals surface area contributed by atoms with E-state index in [1.54, 1.807) is 0 Å². The molecule has 6 heteroatoms. The van der Waals surface area contributed by atoms with Gasteiger partial charge in [-0.2, -0.15) is 0 Å². The van der Waals surface area contributed by atoms with Crippen LogP contribution in [-0.4, -0.2) is 48.6 Å². The third-order valence-electron chi connectivity index (χ3n) is 3.53. The van der Waals surface area contributed by atoms with Gasteiger partial charge in [0.05, 0.1) is 0 Å². The molecule has 1 aromatic rings. The van der Waals surface area contributed by atoms with Crippen LogP contribution in [0.15, 0.2) is 6.33 Å². The van der Waals surface area contributed by atoms with Crippen LogP contribution in [0.3, 0.4) is 0 Å². The average Bonchev–Trinajstić information content (AvgIpc) is 2.35. The lowest BCUT2D eigenvalue weighted by atomic mass is 9.97. The fourth-order valence-corrected chi connectivity index (χ4v) is 2.60. The molecule has 0 unspecified atom stereocenters. The first-order valence-electron chi connectivity index (χ1n) is 6.23. The minimum atomic E-state index is 0.344. The van der Waals surface area contributed by atoms with Crippen molar-refractivity contribution in [1.82, 2.24) is 14.9 Å². The smallest absolute Gasteiger partial charge is 0.152 e. The van der Waals surface area contributed by atoms with Gasteiger partial charge in [0.15, 0.2) is 5.82 Å². The third-order valence-corrected chi connectivity index (χ3v) is 3.89. The van der Waals surface area contributed by atoms with E-state index in [0.717, 1.165) is 25.5 Å². The van der Waals surface area contributed by atoms with Crippen molar-refractivity contribution < 1.29 is 0 Å². The Labute approximate surface area is 113 Å². The molecule has 0 atom stereocenters. The molecule has 100 valence electrons. The lowest BCUT2D eigenvalue weighted by Crippen LogP contribution is -2.36.